The molecule has 2 nitrogen and oxygen atoms in total. The second-order valence-electron chi connectivity index (χ2n) is 6.93. The first kappa shape index (κ1) is 20.2. The minimum absolute atomic E-state index is 0.0625. The van der Waals surface area contributed by atoms with Gasteiger partial charge in [-0.2, -0.15) is 13.2 Å². The molecule has 0 amide bonds. The number of ketones is 1. The molecule has 0 radical (unpaired) electrons. The highest BCUT2D eigenvalue weighted by atomic mass is 32.1. The maximum absolute atomic E-state index is 13.1. The van der Waals surface area contributed by atoms with Gasteiger partial charge in [-0.05, 0) is 36.8 Å². The Morgan fingerprint density at radius 1 is 0.933 bits per heavy atom. The normalized spacial score (nSPS) is 11.6. The fourth-order valence-corrected chi connectivity index (χ4v) is 4.21. The number of halogens is 3. The number of thiophene rings is 1. The minimum Gasteiger partial charge on any atom is -0.487 e. The number of ether oxygens (including phenoxy) is 1. The SMILES string of the molecule is Cc1ccc(C(=O)c2sc3ccccc3c2OCc2ccc(C(F)(F)F)cc2)cc1. The van der Waals surface area contributed by atoms with Gasteiger partial charge >= 0.3 is 6.18 Å². The van der Waals surface area contributed by atoms with Crippen molar-refractivity contribution >= 4 is 27.2 Å². The lowest BCUT2D eigenvalue weighted by molar-refractivity contribution is -0.137. The summed E-state index contributed by atoms with van der Waals surface area (Å²) in [6.07, 6.45) is -4.38. The van der Waals surface area contributed by atoms with Crippen LogP contribution in [0.25, 0.3) is 10.1 Å². The summed E-state index contributed by atoms with van der Waals surface area (Å²) in [5.41, 5.74) is 1.50. The van der Waals surface area contributed by atoms with Crippen molar-refractivity contribution in [3.05, 3.63) is 99.9 Å². The summed E-state index contributed by atoms with van der Waals surface area (Å²) in [5.74, 6) is 0.319. The van der Waals surface area contributed by atoms with Crippen molar-refractivity contribution in [2.45, 2.75) is 19.7 Å². The van der Waals surface area contributed by atoms with Crippen LogP contribution in [0.15, 0.2) is 72.8 Å². The Morgan fingerprint density at radius 3 is 2.27 bits per heavy atom. The predicted molar refractivity (Wildman–Crippen MR) is 112 cm³/mol. The second-order valence-corrected chi connectivity index (χ2v) is 7.99. The molecule has 0 atom stereocenters. The van der Waals surface area contributed by atoms with Gasteiger partial charge in [0.2, 0.25) is 5.78 Å². The van der Waals surface area contributed by atoms with Crippen molar-refractivity contribution in [2.75, 3.05) is 0 Å². The van der Waals surface area contributed by atoms with Crippen molar-refractivity contribution in [1.82, 2.24) is 0 Å². The van der Waals surface area contributed by atoms with Crippen molar-refractivity contribution in [2.24, 2.45) is 0 Å². The Balaban J connectivity index is 1.65. The lowest BCUT2D eigenvalue weighted by Crippen LogP contribution is -2.06. The van der Waals surface area contributed by atoms with Crippen molar-refractivity contribution in [3.8, 4) is 5.75 Å². The van der Waals surface area contributed by atoms with E-state index >= 15 is 0 Å². The number of hydrogen-bond donors (Lipinski definition) is 0. The fraction of sp³-hybridized carbons (Fsp3) is 0.125. The van der Waals surface area contributed by atoms with Crippen LogP contribution < -0.4 is 4.74 Å². The van der Waals surface area contributed by atoms with E-state index in [1.165, 1.54) is 23.5 Å². The molecule has 3 aromatic carbocycles. The third-order valence-corrected chi connectivity index (χ3v) is 5.89. The lowest BCUT2D eigenvalue weighted by atomic mass is 10.1. The number of carbonyl (C=O) groups is 1. The molecule has 0 aliphatic rings. The van der Waals surface area contributed by atoms with Crippen LogP contribution in [0.1, 0.15) is 31.9 Å². The number of aryl methyl sites for hydroxylation is 1. The molecule has 0 N–H and O–H groups in total. The third kappa shape index (κ3) is 4.09. The molecule has 0 spiro atoms. The highest BCUT2D eigenvalue weighted by Gasteiger charge is 2.30. The van der Waals surface area contributed by atoms with Gasteiger partial charge in [-0.3, -0.25) is 4.79 Å². The second kappa shape index (κ2) is 7.95. The summed E-state index contributed by atoms with van der Waals surface area (Å²) in [5, 5.41) is 0.810. The molecule has 0 fully saturated rings. The topological polar surface area (TPSA) is 26.3 Å². The average Bonchev–Trinajstić information content (AvgIpc) is 3.10. The molecular weight excluding hydrogens is 409 g/mol. The minimum atomic E-state index is -4.38. The summed E-state index contributed by atoms with van der Waals surface area (Å²) in [7, 11) is 0. The fourth-order valence-electron chi connectivity index (χ4n) is 3.10. The van der Waals surface area contributed by atoms with Crippen LogP contribution in [0.3, 0.4) is 0 Å². The van der Waals surface area contributed by atoms with Crippen LogP contribution in [-0.4, -0.2) is 5.78 Å². The molecule has 0 aliphatic heterocycles. The number of rotatable bonds is 5. The lowest BCUT2D eigenvalue weighted by Gasteiger charge is -2.10. The van der Waals surface area contributed by atoms with E-state index in [1.807, 2.05) is 43.3 Å². The number of alkyl halides is 3. The maximum atomic E-state index is 13.1. The van der Waals surface area contributed by atoms with Gasteiger partial charge in [-0.25, -0.2) is 0 Å². The zero-order valence-corrected chi connectivity index (χ0v) is 16.8. The number of hydrogen-bond acceptors (Lipinski definition) is 3. The zero-order valence-electron chi connectivity index (χ0n) is 16.0. The molecule has 1 aromatic heterocycles. The van der Waals surface area contributed by atoms with Crippen molar-refractivity contribution < 1.29 is 22.7 Å². The molecule has 30 heavy (non-hydrogen) atoms. The summed E-state index contributed by atoms with van der Waals surface area (Å²) >= 11 is 1.35. The van der Waals surface area contributed by atoms with Gasteiger partial charge in [-0.15, -0.1) is 11.3 Å². The summed E-state index contributed by atoms with van der Waals surface area (Å²) in [6, 6.07) is 19.7. The van der Waals surface area contributed by atoms with E-state index in [9.17, 15) is 18.0 Å². The van der Waals surface area contributed by atoms with Gasteiger partial charge in [0.15, 0.2) is 0 Å². The van der Waals surface area contributed by atoms with E-state index in [0.717, 1.165) is 27.8 Å². The highest BCUT2D eigenvalue weighted by molar-refractivity contribution is 7.21. The molecule has 0 aliphatic carbocycles. The first-order valence-electron chi connectivity index (χ1n) is 9.25. The van der Waals surface area contributed by atoms with Gasteiger partial charge in [0, 0.05) is 15.6 Å². The molecule has 0 saturated heterocycles. The smallest absolute Gasteiger partial charge is 0.416 e. The monoisotopic (exact) mass is 426 g/mol. The first-order valence-corrected chi connectivity index (χ1v) is 10.1. The largest absolute Gasteiger partial charge is 0.487 e. The van der Waals surface area contributed by atoms with Crippen LogP contribution in [0.2, 0.25) is 0 Å². The van der Waals surface area contributed by atoms with Crippen molar-refractivity contribution in [1.29, 1.82) is 0 Å². The van der Waals surface area contributed by atoms with E-state index < -0.39 is 11.7 Å². The molecule has 4 aromatic rings. The highest BCUT2D eigenvalue weighted by Crippen LogP contribution is 2.39. The quantitative estimate of drug-likeness (QED) is 0.320. The Morgan fingerprint density at radius 2 is 1.60 bits per heavy atom. The molecule has 4 rings (SSSR count). The summed E-state index contributed by atoms with van der Waals surface area (Å²) in [6.45, 7) is 2.01. The van der Waals surface area contributed by atoms with Crippen LogP contribution in [-0.2, 0) is 12.8 Å². The van der Waals surface area contributed by atoms with Gasteiger partial charge in [0.1, 0.15) is 17.2 Å². The van der Waals surface area contributed by atoms with Crippen LogP contribution >= 0.6 is 11.3 Å². The molecular formula is C24H17F3O2S. The first-order chi connectivity index (χ1) is 14.3. The molecule has 0 bridgehead atoms. The Bertz CT molecular complexity index is 1190. The maximum Gasteiger partial charge on any atom is 0.416 e. The van der Waals surface area contributed by atoms with E-state index in [-0.39, 0.29) is 12.4 Å². The standard InChI is InChI=1S/C24H17F3O2S/c1-15-6-10-17(11-7-15)21(28)23-22(19-4-2-3-5-20(19)30-23)29-14-16-8-12-18(13-9-16)24(25,26)27/h2-13H,14H2,1H3. The summed E-state index contributed by atoms with van der Waals surface area (Å²) in [4.78, 5) is 13.6. The molecule has 0 saturated carbocycles. The molecule has 152 valence electrons. The van der Waals surface area contributed by atoms with E-state index in [1.54, 1.807) is 12.1 Å². The number of carbonyl (C=O) groups excluding carboxylic acids is 1. The van der Waals surface area contributed by atoms with E-state index in [4.69, 9.17) is 4.74 Å². The van der Waals surface area contributed by atoms with Gasteiger partial charge in [0.25, 0.3) is 0 Å². The molecule has 6 heteroatoms. The van der Waals surface area contributed by atoms with Crippen LogP contribution in [0.5, 0.6) is 5.75 Å². The van der Waals surface area contributed by atoms with E-state index in [0.29, 0.717) is 21.8 Å². The average molecular weight is 426 g/mol. The Kier molecular flexibility index (Phi) is 5.35. The van der Waals surface area contributed by atoms with Crippen molar-refractivity contribution in [3.63, 3.8) is 0 Å². The predicted octanol–water partition coefficient (Wildman–Crippen LogP) is 7.04. The van der Waals surface area contributed by atoms with Gasteiger partial charge in [0.05, 0.1) is 5.56 Å². The Hall–Kier alpha value is -3.12. The Labute approximate surface area is 175 Å². The van der Waals surface area contributed by atoms with Gasteiger partial charge in [-0.1, -0.05) is 54.1 Å². The third-order valence-electron chi connectivity index (χ3n) is 4.73. The molecule has 1 heterocycles. The van der Waals surface area contributed by atoms with Crippen LogP contribution in [0, 0.1) is 6.92 Å². The number of fused-ring (bicyclic) bond motifs is 1. The zero-order chi connectivity index (χ0) is 21.3. The number of benzene rings is 3. The van der Waals surface area contributed by atoms with E-state index in [2.05, 4.69) is 0 Å². The molecule has 0 unspecified atom stereocenters. The summed E-state index contributed by atoms with van der Waals surface area (Å²) < 4.78 is 45.2. The van der Waals surface area contributed by atoms with Gasteiger partial charge < -0.3 is 4.74 Å². The van der Waals surface area contributed by atoms with Crippen LogP contribution in [0.4, 0.5) is 13.2 Å².